The van der Waals surface area contributed by atoms with Gasteiger partial charge in [0.25, 0.3) is 0 Å². The lowest BCUT2D eigenvalue weighted by molar-refractivity contribution is -0.492. The van der Waals surface area contributed by atoms with Crippen molar-refractivity contribution in [1.29, 1.82) is 0 Å². The Balaban J connectivity index is 1.85. The van der Waals surface area contributed by atoms with Crippen molar-refractivity contribution in [2.24, 2.45) is 0 Å². The minimum Gasteiger partial charge on any atom is -0.274 e. The summed E-state index contributed by atoms with van der Waals surface area (Å²) in [6.07, 6.45) is 0.964. The minimum absolute atomic E-state index is 0.110. The van der Waals surface area contributed by atoms with Crippen molar-refractivity contribution in [2.75, 3.05) is 24.1 Å². The molecular weight excluding hydrogens is 388 g/mol. The maximum Gasteiger partial charge on any atom is 0.202 e. The summed E-state index contributed by atoms with van der Waals surface area (Å²) < 4.78 is 0. The Morgan fingerprint density at radius 1 is 0.808 bits per heavy atom. The van der Waals surface area contributed by atoms with E-state index in [4.69, 9.17) is 20.8 Å². The van der Waals surface area contributed by atoms with Crippen molar-refractivity contribution in [2.45, 2.75) is 26.7 Å². The number of hydrogen-bond donors (Lipinski definition) is 6. The van der Waals surface area contributed by atoms with Gasteiger partial charge in [-0.3, -0.25) is 41.4 Å². The molecule has 14 heteroatoms. The molecule has 0 unspecified atom stereocenters. The maximum atomic E-state index is 8.51. The lowest BCUT2D eigenvalue weighted by Crippen LogP contribution is -2.16. The first kappa shape index (κ1) is 20.8. The van der Waals surface area contributed by atoms with Crippen molar-refractivity contribution in [1.82, 2.24) is 20.7 Å². The van der Waals surface area contributed by atoms with E-state index in [0.717, 1.165) is 21.1 Å². The highest BCUT2D eigenvalue weighted by molar-refractivity contribution is 7.16. The first-order valence-electron chi connectivity index (χ1n) is 7.41. The molecule has 0 aliphatic rings. The van der Waals surface area contributed by atoms with E-state index in [0.29, 0.717) is 23.1 Å². The molecule has 0 fully saturated rings. The van der Waals surface area contributed by atoms with Gasteiger partial charge in [0.15, 0.2) is 0 Å². The van der Waals surface area contributed by atoms with Gasteiger partial charge in [-0.15, -0.1) is 22.7 Å². The Labute approximate surface area is 156 Å². The average Bonchev–Trinajstić information content (AvgIpc) is 3.08. The number of rotatable bonds is 11. The molecule has 0 aliphatic heterocycles. The van der Waals surface area contributed by atoms with E-state index >= 15 is 0 Å². The number of nitrogens with one attached hydrogen (secondary N) is 2. The molecule has 0 saturated heterocycles. The zero-order valence-electron chi connectivity index (χ0n) is 14.0. The van der Waals surface area contributed by atoms with E-state index in [1.807, 2.05) is 13.8 Å². The third-order valence-electron chi connectivity index (χ3n) is 3.13. The highest BCUT2D eigenvalue weighted by atomic mass is 32.1. The molecule has 0 atom stereocenters. The third kappa shape index (κ3) is 6.69. The fraction of sp³-hybridized carbons (Fsp3) is 0.500. The van der Waals surface area contributed by atoms with Gasteiger partial charge >= 0.3 is 0 Å². The number of nitrogens with zero attached hydrogens (tertiary/aromatic N) is 4. The van der Waals surface area contributed by atoms with Crippen LogP contribution < -0.4 is 10.9 Å². The van der Waals surface area contributed by atoms with Crippen LogP contribution in [0.15, 0.2) is 0 Å². The van der Waals surface area contributed by atoms with Gasteiger partial charge in [-0.2, -0.15) is 0 Å². The van der Waals surface area contributed by atoms with E-state index in [9.17, 15) is 0 Å². The Morgan fingerprint density at radius 2 is 1.19 bits per heavy atom. The number of thiazole rings is 2. The summed E-state index contributed by atoms with van der Waals surface area (Å²) in [5.41, 5.74) is 7.58. The van der Waals surface area contributed by atoms with Crippen LogP contribution >= 0.6 is 22.7 Å². The Bertz CT molecular complexity index is 636. The lowest BCUT2D eigenvalue weighted by Gasteiger charge is -2.05. The molecule has 2 heterocycles. The van der Waals surface area contributed by atoms with Gasteiger partial charge in [0.2, 0.25) is 10.3 Å². The van der Waals surface area contributed by atoms with Crippen molar-refractivity contribution < 1.29 is 30.5 Å². The van der Waals surface area contributed by atoms with Gasteiger partial charge in [0.05, 0.1) is 35.4 Å². The first-order chi connectivity index (χ1) is 12.3. The van der Waals surface area contributed by atoms with E-state index in [1.165, 1.54) is 22.7 Å². The topological polar surface area (TPSA) is 156 Å². The summed E-state index contributed by atoms with van der Waals surface area (Å²) in [6, 6.07) is 0. The number of hydrazine groups is 1. The molecule has 0 bridgehead atoms. The number of aryl methyl sites for hydroxylation is 2. The zero-order chi connectivity index (χ0) is 19.1. The molecule has 26 heavy (non-hydrogen) atoms. The van der Waals surface area contributed by atoms with E-state index in [-0.39, 0.29) is 24.0 Å². The fourth-order valence-electron chi connectivity index (χ4n) is 1.97. The van der Waals surface area contributed by atoms with Crippen LogP contribution in [0, 0.1) is 13.8 Å². The summed E-state index contributed by atoms with van der Waals surface area (Å²) in [6.45, 7) is 3.92. The molecule has 2 aromatic heterocycles. The van der Waals surface area contributed by atoms with Crippen LogP contribution in [0.2, 0.25) is 0 Å². The second kappa shape index (κ2) is 10.0. The largest absolute Gasteiger partial charge is 0.274 e. The molecule has 0 spiro atoms. The number of aromatic nitrogens is 2. The van der Waals surface area contributed by atoms with E-state index < -0.39 is 0 Å². The summed E-state index contributed by atoms with van der Waals surface area (Å²) >= 11 is 2.82. The second-order valence-electron chi connectivity index (χ2n) is 4.98. The molecule has 12 nitrogen and oxygen atoms in total. The molecule has 2 rings (SSSR count). The first-order valence-corrected chi connectivity index (χ1v) is 9.04. The van der Waals surface area contributed by atoms with Crippen molar-refractivity contribution in [3.8, 4) is 0 Å². The van der Waals surface area contributed by atoms with Crippen LogP contribution in [0.3, 0.4) is 0 Å². The molecule has 146 valence electrons. The SMILES string of the molecule is Cc1nc(NNc2nc(C)c(CCON(O)O)s2)sc1CCON(O)O. The molecule has 0 aromatic carbocycles. The quantitative estimate of drug-likeness (QED) is 0.300. The van der Waals surface area contributed by atoms with Crippen LogP contribution in [0.5, 0.6) is 0 Å². The molecular formula is C12H20N6O6S2. The van der Waals surface area contributed by atoms with Gasteiger partial charge in [-0.05, 0) is 13.8 Å². The van der Waals surface area contributed by atoms with Crippen LogP contribution in [0.4, 0.5) is 10.3 Å². The summed E-state index contributed by atoms with van der Waals surface area (Å²) in [5, 5.41) is 34.7. The maximum absolute atomic E-state index is 8.51. The third-order valence-corrected chi connectivity index (χ3v) is 5.40. The van der Waals surface area contributed by atoms with Crippen LogP contribution in [-0.4, -0.2) is 54.8 Å². The van der Waals surface area contributed by atoms with Crippen LogP contribution in [0.25, 0.3) is 0 Å². The minimum atomic E-state index is -0.316. The van der Waals surface area contributed by atoms with Crippen LogP contribution in [-0.2, 0) is 22.5 Å². The predicted octanol–water partition coefficient (Wildman–Crippen LogP) is 1.76. The van der Waals surface area contributed by atoms with E-state index in [1.54, 1.807) is 0 Å². The van der Waals surface area contributed by atoms with Gasteiger partial charge in [-0.1, -0.05) is 0 Å². The standard InChI is InChI=1S/C12H20N6O6S2/c1-7-9(3-5-23-17(19)20)25-11(13-7)15-16-12-14-8(2)10(26-12)4-6-24-18(21)22/h19-22H,3-6H2,1-2H3,(H,13,15)(H,14,16). The monoisotopic (exact) mass is 408 g/mol. The normalized spacial score (nSPS) is 11.5. The van der Waals surface area contributed by atoms with Gasteiger partial charge < -0.3 is 0 Å². The molecule has 0 aliphatic carbocycles. The van der Waals surface area contributed by atoms with Gasteiger partial charge in [0, 0.05) is 22.6 Å². The second-order valence-corrected chi connectivity index (χ2v) is 7.14. The summed E-state index contributed by atoms with van der Waals surface area (Å²) in [4.78, 5) is 19.7. The highest BCUT2D eigenvalue weighted by Crippen LogP contribution is 2.26. The molecule has 6 N–H and O–H groups in total. The molecule has 0 amide bonds. The summed E-state index contributed by atoms with van der Waals surface area (Å²) in [7, 11) is 0. The van der Waals surface area contributed by atoms with Gasteiger partial charge in [0.1, 0.15) is 0 Å². The summed E-state index contributed by atoms with van der Waals surface area (Å²) in [5.74, 6) is 0. The molecule has 0 saturated carbocycles. The lowest BCUT2D eigenvalue weighted by atomic mass is 10.3. The van der Waals surface area contributed by atoms with Crippen molar-refractivity contribution in [3.63, 3.8) is 0 Å². The predicted molar refractivity (Wildman–Crippen MR) is 91.1 cm³/mol. The smallest absolute Gasteiger partial charge is 0.202 e. The zero-order valence-corrected chi connectivity index (χ0v) is 15.7. The molecule has 0 radical (unpaired) electrons. The Morgan fingerprint density at radius 3 is 1.54 bits per heavy atom. The van der Waals surface area contributed by atoms with Crippen LogP contribution in [0.1, 0.15) is 21.1 Å². The Hall–Kier alpha value is -1.46. The number of hydrogen-bond acceptors (Lipinski definition) is 14. The average molecular weight is 408 g/mol. The Kier molecular flexibility index (Phi) is 8.04. The van der Waals surface area contributed by atoms with E-state index in [2.05, 4.69) is 30.5 Å². The fourth-order valence-corrected chi connectivity index (χ4v) is 3.77. The highest BCUT2D eigenvalue weighted by Gasteiger charge is 2.11. The molecule has 2 aromatic rings. The number of anilines is 2. The van der Waals surface area contributed by atoms with Crippen molar-refractivity contribution in [3.05, 3.63) is 21.1 Å². The van der Waals surface area contributed by atoms with Crippen molar-refractivity contribution >= 4 is 32.9 Å². The van der Waals surface area contributed by atoms with Gasteiger partial charge in [-0.25, -0.2) is 9.97 Å².